The number of hydrogen-bond donors (Lipinski definition) is 0. The third-order valence-electron chi connectivity index (χ3n) is 4.53. The summed E-state index contributed by atoms with van der Waals surface area (Å²) in [6.07, 6.45) is 2.97. The van der Waals surface area contributed by atoms with E-state index in [1.807, 2.05) is 18.0 Å². The van der Waals surface area contributed by atoms with Crippen molar-refractivity contribution in [3.8, 4) is 0 Å². The topological polar surface area (TPSA) is 47.4 Å². The van der Waals surface area contributed by atoms with Crippen LogP contribution in [-0.2, 0) is 28.9 Å². The second-order valence-corrected chi connectivity index (χ2v) is 6.07. The first-order valence-electron chi connectivity index (χ1n) is 8.17. The molecule has 0 saturated heterocycles. The average Bonchev–Trinajstić information content (AvgIpc) is 2.99. The normalized spacial score (nSPS) is 17.0. The molecule has 1 aromatic carbocycles. The van der Waals surface area contributed by atoms with Crippen molar-refractivity contribution < 1.29 is 13.9 Å². The lowest BCUT2D eigenvalue weighted by atomic mass is 10.1. The molecule has 1 unspecified atom stereocenters. The van der Waals surface area contributed by atoms with E-state index in [1.165, 1.54) is 12.1 Å². The highest BCUT2D eigenvalue weighted by Crippen LogP contribution is 2.26. The summed E-state index contributed by atoms with van der Waals surface area (Å²) in [5, 5.41) is 0. The van der Waals surface area contributed by atoms with Gasteiger partial charge in [-0.3, -0.25) is 4.79 Å². The van der Waals surface area contributed by atoms with E-state index in [-0.39, 0.29) is 24.2 Å². The molecule has 0 N–H and O–H groups in total. The molecule has 0 fully saturated rings. The maximum absolute atomic E-state index is 13.0. The summed E-state index contributed by atoms with van der Waals surface area (Å²) in [5.74, 6) is 0.671. The van der Waals surface area contributed by atoms with Crippen LogP contribution in [-0.4, -0.2) is 40.6 Å². The number of imidazole rings is 1. The molecule has 0 saturated carbocycles. The molecule has 0 radical (unpaired) electrons. The Morgan fingerprint density at radius 1 is 1.33 bits per heavy atom. The number of benzene rings is 1. The summed E-state index contributed by atoms with van der Waals surface area (Å²) < 4.78 is 20.3. The molecule has 0 bridgehead atoms. The minimum absolute atomic E-state index is 0.0433. The van der Waals surface area contributed by atoms with Crippen molar-refractivity contribution >= 4 is 5.91 Å². The molecule has 128 valence electrons. The third kappa shape index (κ3) is 3.33. The van der Waals surface area contributed by atoms with Gasteiger partial charge in [0.1, 0.15) is 11.6 Å². The number of methoxy groups -OCH3 is 1. The molecule has 2 aromatic rings. The van der Waals surface area contributed by atoms with Crippen LogP contribution in [0.3, 0.4) is 0 Å². The number of fused-ring (bicyclic) bond motifs is 1. The van der Waals surface area contributed by atoms with Crippen molar-refractivity contribution in [2.45, 2.75) is 32.4 Å². The molecular weight excluding hydrogens is 309 g/mol. The number of carbonyl (C=O) groups is 1. The maximum atomic E-state index is 13.0. The molecule has 2 heterocycles. The average molecular weight is 331 g/mol. The summed E-state index contributed by atoms with van der Waals surface area (Å²) in [6, 6.07) is 6.02. The molecule has 1 aliphatic rings. The van der Waals surface area contributed by atoms with Gasteiger partial charge < -0.3 is 14.2 Å². The van der Waals surface area contributed by atoms with E-state index >= 15 is 0 Å². The summed E-state index contributed by atoms with van der Waals surface area (Å²) in [6.45, 7) is 4.06. The molecule has 24 heavy (non-hydrogen) atoms. The first-order chi connectivity index (χ1) is 11.6. The Balaban J connectivity index is 1.71. The summed E-state index contributed by atoms with van der Waals surface area (Å²) in [5.41, 5.74) is 1.97. The minimum Gasteiger partial charge on any atom is -0.384 e. The highest BCUT2D eigenvalue weighted by Gasteiger charge is 2.30. The highest BCUT2D eigenvalue weighted by molar-refractivity contribution is 5.79. The lowest BCUT2D eigenvalue weighted by molar-refractivity contribution is -0.133. The number of ether oxygens (including phenoxy) is 1. The predicted octanol–water partition coefficient (Wildman–Crippen LogP) is 2.36. The van der Waals surface area contributed by atoms with Gasteiger partial charge in [-0.25, -0.2) is 9.37 Å². The fourth-order valence-electron chi connectivity index (χ4n) is 3.18. The van der Waals surface area contributed by atoms with Crippen molar-refractivity contribution in [2.24, 2.45) is 0 Å². The Morgan fingerprint density at radius 2 is 2.08 bits per heavy atom. The zero-order valence-electron chi connectivity index (χ0n) is 14.0. The quantitative estimate of drug-likeness (QED) is 0.845. The van der Waals surface area contributed by atoms with Crippen LogP contribution in [0.15, 0.2) is 30.5 Å². The maximum Gasteiger partial charge on any atom is 0.227 e. The second kappa shape index (κ2) is 7.13. The van der Waals surface area contributed by atoms with Crippen molar-refractivity contribution in [3.05, 3.63) is 53.4 Å². The number of carbonyl (C=O) groups excluding carboxylic acids is 1. The van der Waals surface area contributed by atoms with Gasteiger partial charge in [0, 0.05) is 38.5 Å². The zero-order chi connectivity index (χ0) is 17.1. The number of nitrogens with zero attached hydrogens (tertiary/aromatic N) is 3. The zero-order valence-corrected chi connectivity index (χ0v) is 14.0. The van der Waals surface area contributed by atoms with Crippen LogP contribution in [0.25, 0.3) is 0 Å². The number of amides is 1. The number of hydrogen-bond acceptors (Lipinski definition) is 3. The largest absolute Gasteiger partial charge is 0.384 e. The minimum atomic E-state index is -0.289. The van der Waals surface area contributed by atoms with Gasteiger partial charge >= 0.3 is 0 Å². The van der Waals surface area contributed by atoms with Gasteiger partial charge in [0.25, 0.3) is 0 Å². The Labute approximate surface area is 141 Å². The lowest BCUT2D eigenvalue weighted by Gasteiger charge is -2.34. The molecule has 0 aliphatic carbocycles. The van der Waals surface area contributed by atoms with Crippen LogP contribution in [0.1, 0.15) is 30.0 Å². The molecule has 1 aromatic heterocycles. The van der Waals surface area contributed by atoms with Crippen molar-refractivity contribution in [1.82, 2.24) is 14.5 Å². The standard InChI is InChI=1S/C18H22FN3O2/c1-13-18-20-12-16(7-10-24-2)22(18)9-8-21(13)17(23)11-14-3-5-15(19)6-4-14/h3-6,12-13H,7-11H2,1-2H3. The van der Waals surface area contributed by atoms with E-state index in [0.29, 0.717) is 13.2 Å². The van der Waals surface area contributed by atoms with E-state index in [1.54, 1.807) is 19.2 Å². The first-order valence-corrected chi connectivity index (χ1v) is 8.17. The number of rotatable bonds is 5. The van der Waals surface area contributed by atoms with Crippen LogP contribution >= 0.6 is 0 Å². The van der Waals surface area contributed by atoms with Crippen LogP contribution in [0.2, 0.25) is 0 Å². The first kappa shape index (κ1) is 16.6. The Morgan fingerprint density at radius 3 is 2.79 bits per heavy atom. The Bertz CT molecular complexity index is 712. The highest BCUT2D eigenvalue weighted by atomic mass is 19.1. The van der Waals surface area contributed by atoms with E-state index in [4.69, 9.17) is 4.74 Å². The summed E-state index contributed by atoms with van der Waals surface area (Å²) in [7, 11) is 1.69. The molecule has 6 heteroatoms. The van der Waals surface area contributed by atoms with Crippen LogP contribution in [0, 0.1) is 5.82 Å². The third-order valence-corrected chi connectivity index (χ3v) is 4.53. The van der Waals surface area contributed by atoms with Crippen molar-refractivity contribution in [1.29, 1.82) is 0 Å². The number of halogens is 1. The molecular formula is C18H22FN3O2. The van der Waals surface area contributed by atoms with Gasteiger partial charge in [-0.15, -0.1) is 0 Å². The van der Waals surface area contributed by atoms with Gasteiger partial charge in [-0.2, -0.15) is 0 Å². The fraction of sp³-hybridized carbons (Fsp3) is 0.444. The fourth-order valence-corrected chi connectivity index (χ4v) is 3.18. The molecule has 1 aliphatic heterocycles. The van der Waals surface area contributed by atoms with Crippen molar-refractivity contribution in [2.75, 3.05) is 20.3 Å². The van der Waals surface area contributed by atoms with Gasteiger partial charge in [0.15, 0.2) is 0 Å². The van der Waals surface area contributed by atoms with Crippen LogP contribution < -0.4 is 0 Å². The molecule has 1 amide bonds. The predicted molar refractivity (Wildman–Crippen MR) is 88.0 cm³/mol. The number of aromatic nitrogens is 2. The van der Waals surface area contributed by atoms with Crippen molar-refractivity contribution in [3.63, 3.8) is 0 Å². The van der Waals surface area contributed by atoms with E-state index < -0.39 is 0 Å². The van der Waals surface area contributed by atoms with Gasteiger partial charge in [-0.05, 0) is 24.6 Å². The SMILES string of the molecule is COCCc1cnc2n1CCN(C(=O)Cc1ccc(F)cc1)C2C. The van der Waals surface area contributed by atoms with E-state index in [2.05, 4.69) is 9.55 Å². The second-order valence-electron chi connectivity index (χ2n) is 6.07. The van der Waals surface area contributed by atoms with Crippen LogP contribution in [0.4, 0.5) is 4.39 Å². The molecule has 5 nitrogen and oxygen atoms in total. The van der Waals surface area contributed by atoms with E-state index in [9.17, 15) is 9.18 Å². The smallest absolute Gasteiger partial charge is 0.227 e. The Kier molecular flexibility index (Phi) is 4.94. The summed E-state index contributed by atoms with van der Waals surface area (Å²) in [4.78, 5) is 19.0. The molecule has 0 spiro atoms. The van der Waals surface area contributed by atoms with E-state index in [0.717, 1.165) is 30.0 Å². The van der Waals surface area contributed by atoms with Crippen LogP contribution in [0.5, 0.6) is 0 Å². The summed E-state index contributed by atoms with van der Waals surface area (Å²) >= 11 is 0. The van der Waals surface area contributed by atoms with Gasteiger partial charge in [-0.1, -0.05) is 12.1 Å². The molecule has 3 rings (SSSR count). The van der Waals surface area contributed by atoms with Gasteiger partial charge in [0.2, 0.25) is 5.91 Å². The Hall–Kier alpha value is -2.21. The molecule has 1 atom stereocenters. The lowest BCUT2D eigenvalue weighted by Crippen LogP contribution is -2.42. The monoisotopic (exact) mass is 331 g/mol. The van der Waals surface area contributed by atoms with Gasteiger partial charge in [0.05, 0.1) is 19.1 Å².